The van der Waals surface area contributed by atoms with Gasteiger partial charge in [-0.1, -0.05) is 24.3 Å². The number of hydrogen-bond acceptors (Lipinski definition) is 2. The third kappa shape index (κ3) is 3.49. The topological polar surface area (TPSA) is 66.4 Å². The zero-order chi connectivity index (χ0) is 15.5. The molecule has 0 heterocycles. The molecule has 1 amide bonds. The number of aliphatic carboxylic acids is 1. The molecule has 1 aromatic rings. The fourth-order valence-electron chi connectivity index (χ4n) is 3.83. The van der Waals surface area contributed by atoms with Crippen LogP contribution in [0.4, 0.5) is 0 Å². The Morgan fingerprint density at radius 1 is 1.14 bits per heavy atom. The van der Waals surface area contributed by atoms with Gasteiger partial charge in [-0.3, -0.25) is 9.59 Å². The van der Waals surface area contributed by atoms with E-state index in [4.69, 9.17) is 5.11 Å². The maximum atomic E-state index is 12.2. The lowest BCUT2D eigenvalue weighted by Gasteiger charge is -2.24. The minimum Gasteiger partial charge on any atom is -0.481 e. The van der Waals surface area contributed by atoms with Crippen LogP contribution in [0.2, 0.25) is 0 Å². The summed E-state index contributed by atoms with van der Waals surface area (Å²) in [5.74, 6) is -0.528. The Labute approximate surface area is 130 Å². The Bertz CT molecular complexity index is 569. The molecule has 2 N–H and O–H groups in total. The van der Waals surface area contributed by atoms with Gasteiger partial charge in [0.25, 0.3) is 0 Å². The van der Waals surface area contributed by atoms with Crippen LogP contribution in [0.1, 0.15) is 43.2 Å². The molecule has 2 aliphatic carbocycles. The second-order valence-electron chi connectivity index (χ2n) is 6.69. The number of aryl methyl sites for hydroxylation is 1. The first-order chi connectivity index (χ1) is 10.6. The number of rotatable bonds is 4. The highest BCUT2D eigenvalue weighted by Crippen LogP contribution is 2.28. The SMILES string of the molecule is O=C(CC1CCc2ccccc2C1)N[C@@H]1CC[C@H](C(=O)O)C1. The molecule has 22 heavy (non-hydrogen) atoms. The van der Waals surface area contributed by atoms with E-state index >= 15 is 0 Å². The van der Waals surface area contributed by atoms with Crippen LogP contribution >= 0.6 is 0 Å². The van der Waals surface area contributed by atoms with Crippen LogP contribution < -0.4 is 5.32 Å². The lowest BCUT2D eigenvalue weighted by atomic mass is 9.82. The molecule has 4 nitrogen and oxygen atoms in total. The quantitative estimate of drug-likeness (QED) is 0.898. The van der Waals surface area contributed by atoms with Gasteiger partial charge in [-0.25, -0.2) is 0 Å². The summed E-state index contributed by atoms with van der Waals surface area (Å²) in [6, 6.07) is 8.52. The monoisotopic (exact) mass is 301 g/mol. The van der Waals surface area contributed by atoms with Crippen molar-refractivity contribution in [2.24, 2.45) is 11.8 Å². The van der Waals surface area contributed by atoms with Crippen molar-refractivity contribution in [3.8, 4) is 0 Å². The molecule has 1 aromatic carbocycles. The van der Waals surface area contributed by atoms with Gasteiger partial charge in [0.15, 0.2) is 0 Å². The summed E-state index contributed by atoms with van der Waals surface area (Å²) in [6.07, 6.45) is 5.70. The second-order valence-corrected chi connectivity index (χ2v) is 6.69. The van der Waals surface area contributed by atoms with Gasteiger partial charge in [-0.2, -0.15) is 0 Å². The molecular formula is C18H23NO3. The molecule has 0 aliphatic heterocycles. The van der Waals surface area contributed by atoms with Gasteiger partial charge in [0.2, 0.25) is 5.91 Å². The number of amides is 1. The summed E-state index contributed by atoms with van der Waals surface area (Å²) in [7, 11) is 0. The zero-order valence-corrected chi connectivity index (χ0v) is 12.8. The standard InChI is InChI=1S/C18H23NO3/c20-17(19-16-8-7-15(11-16)18(21)22)10-12-5-6-13-3-1-2-4-14(13)9-12/h1-4,12,15-16H,5-11H2,(H,19,20)(H,21,22)/t12?,15-,16+/m0/s1. The first-order valence-electron chi connectivity index (χ1n) is 8.20. The van der Waals surface area contributed by atoms with E-state index in [0.717, 1.165) is 25.7 Å². The molecule has 3 atom stereocenters. The number of carbonyl (C=O) groups excluding carboxylic acids is 1. The van der Waals surface area contributed by atoms with Gasteiger partial charge in [0.05, 0.1) is 5.92 Å². The Kier molecular flexibility index (Phi) is 4.46. The van der Waals surface area contributed by atoms with Crippen LogP contribution in [-0.2, 0) is 22.4 Å². The maximum Gasteiger partial charge on any atom is 0.306 e. The number of carboxylic acids is 1. The Hall–Kier alpha value is -1.84. The number of carbonyl (C=O) groups is 2. The number of hydrogen-bond donors (Lipinski definition) is 2. The molecule has 4 heteroatoms. The molecular weight excluding hydrogens is 278 g/mol. The fourth-order valence-corrected chi connectivity index (χ4v) is 3.83. The van der Waals surface area contributed by atoms with E-state index in [-0.39, 0.29) is 17.9 Å². The van der Waals surface area contributed by atoms with Gasteiger partial charge in [0, 0.05) is 12.5 Å². The number of benzene rings is 1. The van der Waals surface area contributed by atoms with Gasteiger partial charge < -0.3 is 10.4 Å². The van der Waals surface area contributed by atoms with Crippen LogP contribution in [0.3, 0.4) is 0 Å². The first-order valence-corrected chi connectivity index (χ1v) is 8.20. The minimum absolute atomic E-state index is 0.0458. The lowest BCUT2D eigenvalue weighted by molar-refractivity contribution is -0.141. The molecule has 0 spiro atoms. The highest BCUT2D eigenvalue weighted by atomic mass is 16.4. The van der Waals surface area contributed by atoms with E-state index in [2.05, 4.69) is 29.6 Å². The van der Waals surface area contributed by atoms with Crippen molar-refractivity contribution in [3.05, 3.63) is 35.4 Å². The van der Waals surface area contributed by atoms with E-state index in [0.29, 0.717) is 25.2 Å². The van der Waals surface area contributed by atoms with E-state index in [1.165, 1.54) is 11.1 Å². The molecule has 0 bridgehead atoms. The van der Waals surface area contributed by atoms with Crippen LogP contribution in [0, 0.1) is 11.8 Å². The van der Waals surface area contributed by atoms with E-state index in [1.807, 2.05) is 0 Å². The van der Waals surface area contributed by atoms with Crippen LogP contribution in [-0.4, -0.2) is 23.0 Å². The summed E-state index contributed by atoms with van der Waals surface area (Å²) >= 11 is 0. The molecule has 118 valence electrons. The summed E-state index contributed by atoms with van der Waals surface area (Å²) in [4.78, 5) is 23.2. The normalized spacial score (nSPS) is 27.2. The van der Waals surface area contributed by atoms with E-state index in [1.54, 1.807) is 0 Å². The first kappa shape index (κ1) is 15.1. The van der Waals surface area contributed by atoms with Gasteiger partial charge in [-0.05, 0) is 55.6 Å². The smallest absolute Gasteiger partial charge is 0.306 e. The Morgan fingerprint density at radius 2 is 1.91 bits per heavy atom. The zero-order valence-electron chi connectivity index (χ0n) is 12.8. The Balaban J connectivity index is 1.48. The van der Waals surface area contributed by atoms with Crippen LogP contribution in [0.5, 0.6) is 0 Å². The van der Waals surface area contributed by atoms with Gasteiger partial charge in [0.1, 0.15) is 0 Å². The van der Waals surface area contributed by atoms with E-state index in [9.17, 15) is 9.59 Å². The highest BCUT2D eigenvalue weighted by molar-refractivity contribution is 5.77. The predicted octanol–water partition coefficient (Wildman–Crippen LogP) is 2.55. The fraction of sp³-hybridized carbons (Fsp3) is 0.556. The summed E-state index contributed by atoms with van der Waals surface area (Å²) in [5.41, 5.74) is 2.79. The molecule has 2 aliphatic rings. The van der Waals surface area contributed by atoms with Crippen molar-refractivity contribution in [2.45, 2.75) is 51.0 Å². The Morgan fingerprint density at radius 3 is 2.64 bits per heavy atom. The van der Waals surface area contributed by atoms with Crippen LogP contribution in [0.25, 0.3) is 0 Å². The van der Waals surface area contributed by atoms with Crippen molar-refractivity contribution in [1.29, 1.82) is 0 Å². The molecule has 0 saturated heterocycles. The number of carboxylic acid groups (broad SMARTS) is 1. The third-order valence-electron chi connectivity index (χ3n) is 5.07. The van der Waals surface area contributed by atoms with Gasteiger partial charge in [-0.15, -0.1) is 0 Å². The molecule has 1 unspecified atom stereocenters. The van der Waals surface area contributed by atoms with Crippen molar-refractivity contribution in [2.75, 3.05) is 0 Å². The second kappa shape index (κ2) is 6.51. The van der Waals surface area contributed by atoms with Crippen LogP contribution in [0.15, 0.2) is 24.3 Å². The van der Waals surface area contributed by atoms with Crippen molar-refractivity contribution in [1.82, 2.24) is 5.32 Å². The van der Waals surface area contributed by atoms with Crippen molar-refractivity contribution in [3.63, 3.8) is 0 Å². The molecule has 3 rings (SSSR count). The number of fused-ring (bicyclic) bond motifs is 1. The van der Waals surface area contributed by atoms with E-state index < -0.39 is 5.97 Å². The average Bonchev–Trinajstić information content (AvgIpc) is 2.95. The largest absolute Gasteiger partial charge is 0.481 e. The van der Waals surface area contributed by atoms with Crippen molar-refractivity contribution < 1.29 is 14.7 Å². The highest BCUT2D eigenvalue weighted by Gasteiger charge is 2.31. The minimum atomic E-state index is -0.736. The summed E-state index contributed by atoms with van der Waals surface area (Å²) < 4.78 is 0. The summed E-state index contributed by atoms with van der Waals surface area (Å²) in [5, 5.41) is 12.0. The molecule has 0 radical (unpaired) electrons. The maximum absolute atomic E-state index is 12.2. The third-order valence-corrected chi connectivity index (χ3v) is 5.07. The molecule has 1 saturated carbocycles. The lowest BCUT2D eigenvalue weighted by Crippen LogP contribution is -2.35. The predicted molar refractivity (Wildman–Crippen MR) is 83.5 cm³/mol. The summed E-state index contributed by atoms with van der Waals surface area (Å²) in [6.45, 7) is 0. The average molecular weight is 301 g/mol. The van der Waals surface area contributed by atoms with Crippen molar-refractivity contribution >= 4 is 11.9 Å². The number of nitrogens with one attached hydrogen (secondary N) is 1. The molecule has 1 fully saturated rings. The molecule has 0 aromatic heterocycles. The van der Waals surface area contributed by atoms with Gasteiger partial charge >= 0.3 is 5.97 Å².